The number of sulfone groups is 1. The van der Waals surface area contributed by atoms with Gasteiger partial charge in [-0.25, -0.2) is 8.42 Å². The van der Waals surface area contributed by atoms with E-state index in [1.165, 1.54) is 0 Å². The van der Waals surface area contributed by atoms with E-state index >= 15 is 0 Å². The zero-order valence-corrected chi connectivity index (χ0v) is 12.9. The lowest BCUT2D eigenvalue weighted by molar-refractivity contribution is 0.163. The van der Waals surface area contributed by atoms with Crippen LogP contribution in [-0.4, -0.2) is 32.0 Å². The van der Waals surface area contributed by atoms with Crippen LogP contribution < -0.4 is 5.32 Å². The Balaban J connectivity index is 2.22. The molecule has 4 atom stereocenters. The van der Waals surface area contributed by atoms with Crippen LogP contribution in [0.15, 0.2) is 0 Å². The number of fused-ring (bicyclic) bond motifs is 1. The molecule has 0 bridgehead atoms. The molecule has 2 aliphatic rings. The molecule has 1 aliphatic heterocycles. The molecule has 1 heterocycles. The van der Waals surface area contributed by atoms with E-state index in [9.17, 15) is 8.42 Å². The maximum Gasteiger partial charge on any atom is 0.155 e. The molecule has 2 rings (SSSR count). The van der Waals surface area contributed by atoms with Crippen LogP contribution >= 0.6 is 0 Å². The molecule has 2 fully saturated rings. The molecule has 0 spiro atoms. The zero-order chi connectivity index (χ0) is 13.6. The third-order valence-corrected chi connectivity index (χ3v) is 7.20. The maximum absolute atomic E-state index is 12.5. The molecular formula is C14H27NO2S. The molecule has 0 radical (unpaired) electrons. The van der Waals surface area contributed by atoms with Crippen molar-refractivity contribution in [2.45, 2.75) is 58.2 Å². The first-order valence-electron chi connectivity index (χ1n) is 7.15. The van der Waals surface area contributed by atoms with Crippen LogP contribution in [0, 0.1) is 17.3 Å². The van der Waals surface area contributed by atoms with Crippen molar-refractivity contribution >= 4 is 9.84 Å². The molecule has 0 aromatic carbocycles. The summed E-state index contributed by atoms with van der Waals surface area (Å²) in [5, 5.41) is 3.33. The van der Waals surface area contributed by atoms with Crippen molar-refractivity contribution in [3.05, 3.63) is 0 Å². The summed E-state index contributed by atoms with van der Waals surface area (Å²) in [6.07, 6.45) is 3.01. The summed E-state index contributed by atoms with van der Waals surface area (Å²) in [6.45, 7) is 9.58. The lowest BCUT2D eigenvalue weighted by atomic mass is 9.71. The fraction of sp³-hybridized carbons (Fsp3) is 1.00. The number of hydrogen-bond donors (Lipinski definition) is 1. The van der Waals surface area contributed by atoms with Gasteiger partial charge < -0.3 is 5.32 Å². The average Bonchev–Trinajstić information content (AvgIpc) is 2.34. The molecule has 4 heteroatoms. The first-order valence-corrected chi connectivity index (χ1v) is 8.86. The monoisotopic (exact) mass is 273 g/mol. The SMILES string of the molecule is CC1CNC2CCC(C(C)(C)C)CC2S(=O)(=O)C1. The summed E-state index contributed by atoms with van der Waals surface area (Å²) in [4.78, 5) is 0. The number of nitrogens with one attached hydrogen (secondary N) is 1. The molecule has 4 unspecified atom stereocenters. The van der Waals surface area contributed by atoms with Crippen molar-refractivity contribution in [3.63, 3.8) is 0 Å². The second-order valence-corrected chi connectivity index (χ2v) is 9.63. The van der Waals surface area contributed by atoms with Crippen LogP contribution in [0.2, 0.25) is 0 Å². The molecular weight excluding hydrogens is 246 g/mol. The zero-order valence-electron chi connectivity index (χ0n) is 12.1. The van der Waals surface area contributed by atoms with Crippen LogP contribution in [0.1, 0.15) is 47.0 Å². The Morgan fingerprint density at radius 1 is 1.17 bits per heavy atom. The smallest absolute Gasteiger partial charge is 0.155 e. The fourth-order valence-corrected chi connectivity index (χ4v) is 5.89. The summed E-state index contributed by atoms with van der Waals surface area (Å²) < 4.78 is 25.0. The van der Waals surface area contributed by atoms with Gasteiger partial charge in [0.1, 0.15) is 0 Å². The molecule has 1 aliphatic carbocycles. The van der Waals surface area contributed by atoms with Gasteiger partial charge in [0.15, 0.2) is 9.84 Å². The molecule has 1 saturated carbocycles. The van der Waals surface area contributed by atoms with Gasteiger partial charge >= 0.3 is 0 Å². The molecule has 3 nitrogen and oxygen atoms in total. The molecule has 0 aromatic heterocycles. The van der Waals surface area contributed by atoms with E-state index in [2.05, 4.69) is 26.1 Å². The normalized spacial score (nSPS) is 40.9. The molecule has 1 N–H and O–H groups in total. The summed E-state index contributed by atoms with van der Waals surface area (Å²) in [7, 11) is -2.92. The van der Waals surface area contributed by atoms with Gasteiger partial charge in [-0.05, 0) is 43.1 Å². The number of hydrogen-bond acceptors (Lipinski definition) is 3. The van der Waals surface area contributed by atoms with Gasteiger partial charge in [-0.3, -0.25) is 0 Å². The topological polar surface area (TPSA) is 46.2 Å². The lowest BCUT2D eigenvalue weighted by Crippen LogP contribution is -2.48. The summed E-state index contributed by atoms with van der Waals surface area (Å²) in [5.41, 5.74) is 0.221. The van der Waals surface area contributed by atoms with Crippen LogP contribution in [0.4, 0.5) is 0 Å². The largest absolute Gasteiger partial charge is 0.312 e. The maximum atomic E-state index is 12.5. The van der Waals surface area contributed by atoms with Crippen molar-refractivity contribution in [2.75, 3.05) is 12.3 Å². The van der Waals surface area contributed by atoms with Crippen molar-refractivity contribution in [3.8, 4) is 0 Å². The Morgan fingerprint density at radius 2 is 1.83 bits per heavy atom. The third kappa shape index (κ3) is 2.90. The Morgan fingerprint density at radius 3 is 2.44 bits per heavy atom. The first kappa shape index (κ1) is 14.3. The van der Waals surface area contributed by atoms with Crippen LogP contribution in [0.5, 0.6) is 0 Å². The van der Waals surface area contributed by atoms with Crippen molar-refractivity contribution in [2.24, 2.45) is 17.3 Å². The highest BCUT2D eigenvalue weighted by atomic mass is 32.2. The number of rotatable bonds is 0. The Bertz CT molecular complexity index is 397. The molecule has 106 valence electrons. The van der Waals surface area contributed by atoms with Gasteiger partial charge in [-0.15, -0.1) is 0 Å². The Hall–Kier alpha value is -0.0900. The first-order chi connectivity index (χ1) is 8.20. The van der Waals surface area contributed by atoms with Gasteiger partial charge in [0, 0.05) is 6.04 Å². The van der Waals surface area contributed by atoms with Gasteiger partial charge in [-0.2, -0.15) is 0 Å². The quantitative estimate of drug-likeness (QED) is 0.736. The molecule has 1 saturated heterocycles. The predicted molar refractivity (Wildman–Crippen MR) is 75.3 cm³/mol. The second-order valence-electron chi connectivity index (χ2n) is 7.36. The molecule has 18 heavy (non-hydrogen) atoms. The van der Waals surface area contributed by atoms with E-state index in [0.717, 1.165) is 25.8 Å². The average molecular weight is 273 g/mol. The van der Waals surface area contributed by atoms with Crippen LogP contribution in [0.3, 0.4) is 0 Å². The summed E-state index contributed by atoms with van der Waals surface area (Å²) in [5.74, 6) is 1.13. The molecule has 0 aromatic rings. The van der Waals surface area contributed by atoms with E-state index in [1.807, 2.05) is 6.92 Å². The van der Waals surface area contributed by atoms with Crippen LogP contribution in [0.25, 0.3) is 0 Å². The third-order valence-electron chi connectivity index (χ3n) is 4.72. The van der Waals surface area contributed by atoms with E-state index in [0.29, 0.717) is 11.7 Å². The highest BCUT2D eigenvalue weighted by Crippen LogP contribution is 2.40. The second kappa shape index (κ2) is 4.78. The fourth-order valence-electron chi connectivity index (χ4n) is 3.48. The summed E-state index contributed by atoms with van der Waals surface area (Å²) >= 11 is 0. The van der Waals surface area contributed by atoms with Gasteiger partial charge in [-0.1, -0.05) is 27.7 Å². The predicted octanol–water partition coefficient (Wildman–Crippen LogP) is 2.22. The standard InChI is InChI=1S/C14H27NO2S/c1-10-8-15-12-6-5-11(14(2,3)4)7-13(12)18(16,17)9-10/h10-13,15H,5-9H2,1-4H3. The van der Waals surface area contributed by atoms with Crippen LogP contribution in [-0.2, 0) is 9.84 Å². The van der Waals surface area contributed by atoms with Gasteiger partial charge in [0.25, 0.3) is 0 Å². The highest BCUT2D eigenvalue weighted by molar-refractivity contribution is 7.92. The van der Waals surface area contributed by atoms with Crippen molar-refractivity contribution in [1.82, 2.24) is 5.32 Å². The van der Waals surface area contributed by atoms with Crippen molar-refractivity contribution in [1.29, 1.82) is 0 Å². The van der Waals surface area contributed by atoms with E-state index < -0.39 is 9.84 Å². The van der Waals surface area contributed by atoms with E-state index in [4.69, 9.17) is 0 Å². The Labute approximate surface area is 112 Å². The van der Waals surface area contributed by atoms with E-state index in [1.54, 1.807) is 0 Å². The lowest BCUT2D eigenvalue weighted by Gasteiger charge is -2.40. The minimum atomic E-state index is -2.92. The van der Waals surface area contributed by atoms with Crippen molar-refractivity contribution < 1.29 is 8.42 Å². The summed E-state index contributed by atoms with van der Waals surface area (Å²) in [6, 6.07) is 0.193. The van der Waals surface area contributed by atoms with Gasteiger partial charge in [0.05, 0.1) is 11.0 Å². The minimum Gasteiger partial charge on any atom is -0.312 e. The Kier molecular flexibility index (Phi) is 3.81. The highest BCUT2D eigenvalue weighted by Gasteiger charge is 2.43. The van der Waals surface area contributed by atoms with E-state index in [-0.39, 0.29) is 22.6 Å². The minimum absolute atomic E-state index is 0.152. The molecule has 0 amide bonds. The van der Waals surface area contributed by atoms with Gasteiger partial charge in [0.2, 0.25) is 0 Å².